The Morgan fingerprint density at radius 1 is 0.571 bits per heavy atom. The van der Waals surface area contributed by atoms with E-state index in [2.05, 4.69) is 0 Å². The van der Waals surface area contributed by atoms with Crippen LogP contribution in [0.1, 0.15) is 0 Å². The summed E-state index contributed by atoms with van der Waals surface area (Å²) >= 11 is 0. The first kappa shape index (κ1) is 9.62. The van der Waals surface area contributed by atoms with Crippen LogP contribution < -0.4 is 0 Å². The normalized spacial score (nSPS) is 23.1. The fourth-order valence-electron chi connectivity index (χ4n) is 0. The van der Waals surface area contributed by atoms with Crippen LogP contribution in [0.2, 0.25) is 0 Å². The van der Waals surface area contributed by atoms with Gasteiger partial charge < -0.3 is 0 Å². The van der Waals surface area contributed by atoms with E-state index in [-0.39, 0.29) is 0 Å². The molecule has 0 radical (unpaired) electrons. The molecule has 0 aliphatic rings. The molecule has 7 heteroatoms. The van der Waals surface area contributed by atoms with Gasteiger partial charge in [-0.05, 0) is 0 Å². The van der Waals surface area contributed by atoms with E-state index in [0.717, 1.165) is 0 Å². The molecule has 7 heavy (non-hydrogen) atoms. The standard InChI is InChI=1S/6ClH.Zr/h6*1H;/q;;;;;;+4/p-6. The number of rotatable bonds is 0. The Balaban J connectivity index is 4.43. The predicted molar refractivity (Wildman–Crippen MR) is 35.1 cm³/mol. The van der Waals surface area contributed by atoms with Crippen molar-refractivity contribution in [3.63, 3.8) is 0 Å². The van der Waals surface area contributed by atoms with E-state index in [0.29, 0.717) is 0 Å². The molecule has 0 unspecified atom stereocenters. The summed E-state index contributed by atoms with van der Waals surface area (Å²) < 4.78 is 0. The van der Waals surface area contributed by atoms with Crippen LogP contribution in [0.15, 0.2) is 0 Å². The molecule has 0 saturated carbocycles. The Bertz CT molecular complexity index is 62.7. The molecule has 0 aromatic rings. The molecule has 48 valence electrons. The average molecular weight is 304 g/mol. The summed E-state index contributed by atoms with van der Waals surface area (Å²) in [5.41, 5.74) is 0. The Morgan fingerprint density at radius 3 is 0.571 bits per heavy atom. The molecule has 0 atom stereocenters. The van der Waals surface area contributed by atoms with Crippen LogP contribution in [0.5, 0.6) is 0 Å². The van der Waals surface area contributed by atoms with Crippen LogP contribution in [-0.2, 0) is 10.1 Å². The van der Waals surface area contributed by atoms with Gasteiger partial charge >= 0.3 is 61.2 Å². The van der Waals surface area contributed by atoms with E-state index in [9.17, 15) is 0 Å². The Hall–Kier alpha value is 2.62. The third-order valence-corrected chi connectivity index (χ3v) is 0. The Morgan fingerprint density at radius 2 is 0.571 bits per heavy atom. The summed E-state index contributed by atoms with van der Waals surface area (Å²) in [4.78, 5) is 0. The molecular formula is Cl6Zr-2. The van der Waals surface area contributed by atoms with Crippen molar-refractivity contribution in [2.45, 2.75) is 0 Å². The van der Waals surface area contributed by atoms with Crippen LogP contribution in [0.25, 0.3) is 0 Å². The summed E-state index contributed by atoms with van der Waals surface area (Å²) in [7, 11) is 24.9. The van der Waals surface area contributed by atoms with Crippen molar-refractivity contribution in [3.05, 3.63) is 0 Å². The Kier molecular flexibility index (Phi) is 2.22. The fraction of sp³-hybridized carbons (Fsp3) is 0. The minimum absolute atomic E-state index is 5.07. The monoisotopic (exact) mass is 300 g/mol. The molecule has 0 N–H and O–H groups in total. The quantitative estimate of drug-likeness (QED) is 0.631. The second kappa shape index (κ2) is 1.61. The number of hydrogen-bond acceptors (Lipinski definition) is 0. The van der Waals surface area contributed by atoms with E-state index in [4.69, 9.17) is 51.1 Å². The summed E-state index contributed by atoms with van der Waals surface area (Å²) in [5.74, 6) is 0. The van der Waals surface area contributed by atoms with Gasteiger partial charge in [-0.1, -0.05) is 0 Å². The average Bonchev–Trinajstić information content (AvgIpc) is 0.592. The van der Waals surface area contributed by atoms with Gasteiger partial charge in [0, 0.05) is 0 Å². The van der Waals surface area contributed by atoms with Crippen molar-refractivity contribution in [3.8, 4) is 0 Å². The molecule has 0 heterocycles. The Labute approximate surface area is 60.1 Å². The zero-order chi connectivity index (χ0) is 6.41. The van der Waals surface area contributed by atoms with Crippen LogP contribution in [0.4, 0.5) is 0 Å². The first-order chi connectivity index (χ1) is 2.45. The number of hydrogen-bond donors (Lipinski definition) is 0. The van der Waals surface area contributed by atoms with Crippen LogP contribution >= 0.6 is 51.1 Å². The molecule has 0 bridgehead atoms. The molecule has 0 fully saturated rings. The molecule has 0 aliphatic carbocycles. The van der Waals surface area contributed by atoms with Gasteiger partial charge in [0.1, 0.15) is 0 Å². The van der Waals surface area contributed by atoms with Gasteiger partial charge in [-0.25, -0.2) is 0 Å². The summed E-state index contributed by atoms with van der Waals surface area (Å²) in [5, 5.41) is 0. The molecule has 0 aliphatic heterocycles. The topological polar surface area (TPSA) is 0 Å². The first-order valence-electron chi connectivity index (χ1n) is 1.13. The first-order valence-corrected chi connectivity index (χ1v) is 20.1. The third-order valence-electron chi connectivity index (χ3n) is 0. The van der Waals surface area contributed by atoms with E-state index in [1.807, 2.05) is 0 Å². The molecule has 0 nitrogen and oxygen atoms in total. The predicted octanol–water partition coefficient (Wildman–Crippen LogP) is 4.13. The van der Waals surface area contributed by atoms with Gasteiger partial charge in [0.2, 0.25) is 0 Å². The van der Waals surface area contributed by atoms with Crippen LogP contribution in [-0.4, -0.2) is 0 Å². The molecule has 0 rings (SSSR count). The van der Waals surface area contributed by atoms with Crippen LogP contribution in [0, 0.1) is 0 Å². The van der Waals surface area contributed by atoms with Gasteiger partial charge in [0.25, 0.3) is 0 Å². The zero-order valence-electron chi connectivity index (χ0n) is 2.77. The van der Waals surface area contributed by atoms with Crippen molar-refractivity contribution in [1.82, 2.24) is 0 Å². The van der Waals surface area contributed by atoms with Crippen molar-refractivity contribution in [1.29, 1.82) is 0 Å². The van der Waals surface area contributed by atoms with E-state index in [1.165, 1.54) is 0 Å². The molecule has 0 spiro atoms. The van der Waals surface area contributed by atoms with E-state index < -0.39 is 10.1 Å². The fourth-order valence-corrected chi connectivity index (χ4v) is 0. The zero-order valence-corrected chi connectivity index (χ0v) is 9.76. The van der Waals surface area contributed by atoms with Crippen molar-refractivity contribution < 1.29 is 10.1 Å². The maximum atomic E-state index is 5.07. The van der Waals surface area contributed by atoms with Gasteiger partial charge in [-0.15, -0.1) is 0 Å². The van der Waals surface area contributed by atoms with Crippen molar-refractivity contribution in [2.75, 3.05) is 0 Å². The SMILES string of the molecule is [Cl][Zr-2]([Cl])([Cl])([Cl])([Cl])[Cl]. The molecule has 0 saturated heterocycles. The molecule has 0 amide bonds. The van der Waals surface area contributed by atoms with Crippen LogP contribution in [0.3, 0.4) is 0 Å². The third kappa shape index (κ3) is 55.0. The van der Waals surface area contributed by atoms with Gasteiger partial charge in [0.05, 0.1) is 0 Å². The molecular weight excluding hydrogens is 304 g/mol. The minimum atomic E-state index is -5.48. The molecule has 0 aromatic heterocycles. The van der Waals surface area contributed by atoms with Crippen molar-refractivity contribution >= 4 is 51.1 Å². The van der Waals surface area contributed by atoms with E-state index >= 15 is 0 Å². The second-order valence-corrected chi connectivity index (χ2v) is 57.0. The summed E-state index contributed by atoms with van der Waals surface area (Å²) in [6, 6.07) is 0. The summed E-state index contributed by atoms with van der Waals surface area (Å²) in [6.07, 6.45) is 0. The van der Waals surface area contributed by atoms with Gasteiger partial charge in [-0.2, -0.15) is 0 Å². The van der Waals surface area contributed by atoms with Gasteiger partial charge in [0.15, 0.2) is 0 Å². The van der Waals surface area contributed by atoms with E-state index in [1.54, 1.807) is 0 Å². The second-order valence-electron chi connectivity index (χ2n) is 1.07. The maximum absolute atomic E-state index is 5.48. The van der Waals surface area contributed by atoms with Gasteiger partial charge in [-0.3, -0.25) is 0 Å². The summed E-state index contributed by atoms with van der Waals surface area (Å²) in [6.45, 7) is 0. The molecule has 0 aromatic carbocycles. The number of halogens is 6. The van der Waals surface area contributed by atoms with Crippen molar-refractivity contribution in [2.24, 2.45) is 0 Å².